The number of hydrogen-bond donors (Lipinski definition) is 3. The van der Waals surface area contributed by atoms with Gasteiger partial charge in [-0.05, 0) is 4.57 Å². The lowest BCUT2D eigenvalue weighted by molar-refractivity contribution is -0.140. The van der Waals surface area contributed by atoms with Crippen LogP contribution in [0.2, 0.25) is 0 Å². The van der Waals surface area contributed by atoms with Gasteiger partial charge >= 0.3 is 14.0 Å². The molecule has 0 saturated carbocycles. The first kappa shape index (κ1) is 13.1. The highest BCUT2D eigenvalue weighted by molar-refractivity contribution is 7.40. The minimum atomic E-state index is -2.27. The van der Waals surface area contributed by atoms with E-state index in [1.807, 2.05) is 0 Å². The molecule has 0 rings (SSSR count). The molecule has 0 fully saturated rings. The summed E-state index contributed by atoms with van der Waals surface area (Å²) in [5.41, 5.74) is 5.06. The van der Waals surface area contributed by atoms with Crippen molar-refractivity contribution >= 4 is 19.8 Å². The second-order valence-corrected chi connectivity index (χ2v) is 3.68. The normalized spacial score (nSPS) is 13.4. The van der Waals surface area contributed by atoms with E-state index in [-0.39, 0.29) is 0 Å². The minimum Gasteiger partial charge on any atom is -0.480 e. The van der Waals surface area contributed by atoms with Crippen LogP contribution in [-0.2, 0) is 18.7 Å². The fourth-order valence-electron chi connectivity index (χ4n) is 0.651. The Hall–Kier alpha value is -0.880. The molecule has 1 unspecified atom stereocenters. The standard InChI is InChI=1S/C6H10NO6P/c7-5(6(10)11)1-4(9)2-14(12)13-3-8/h5,8H,1-3,7H2/p+1/t5-/m0/s1. The Balaban J connectivity index is 3.86. The summed E-state index contributed by atoms with van der Waals surface area (Å²) in [6, 6.07) is -1.29. The van der Waals surface area contributed by atoms with E-state index in [1.165, 1.54) is 0 Å². The van der Waals surface area contributed by atoms with Crippen molar-refractivity contribution in [2.24, 2.45) is 5.73 Å². The molecular weight excluding hydrogens is 213 g/mol. The molecule has 0 aliphatic carbocycles. The lowest BCUT2D eigenvalue weighted by atomic mass is 10.2. The molecule has 0 aliphatic heterocycles. The number of rotatable bonds is 7. The van der Waals surface area contributed by atoms with Gasteiger partial charge in [0.05, 0.1) is 0 Å². The van der Waals surface area contributed by atoms with Crippen LogP contribution in [0.3, 0.4) is 0 Å². The number of aliphatic hydroxyl groups excluding tert-OH is 1. The van der Waals surface area contributed by atoms with Crippen LogP contribution in [-0.4, -0.2) is 41.0 Å². The largest absolute Gasteiger partial charge is 0.518 e. The maximum Gasteiger partial charge on any atom is 0.518 e. The molecule has 0 aliphatic rings. The maximum absolute atomic E-state index is 11.0. The number of carbonyl (C=O) groups excluding carboxylic acids is 1. The Morgan fingerprint density at radius 3 is 2.50 bits per heavy atom. The third kappa shape index (κ3) is 5.71. The first-order valence-electron chi connectivity index (χ1n) is 3.66. The molecule has 7 nitrogen and oxygen atoms in total. The van der Waals surface area contributed by atoms with Crippen LogP contribution in [0.15, 0.2) is 0 Å². The van der Waals surface area contributed by atoms with Crippen molar-refractivity contribution in [1.29, 1.82) is 0 Å². The van der Waals surface area contributed by atoms with Gasteiger partial charge in [-0.25, -0.2) is 0 Å². The van der Waals surface area contributed by atoms with Crippen LogP contribution in [0.5, 0.6) is 0 Å². The maximum atomic E-state index is 11.0. The number of aliphatic hydroxyl groups is 1. The zero-order valence-electron chi connectivity index (χ0n) is 7.25. The highest BCUT2D eigenvalue weighted by Gasteiger charge is 2.26. The van der Waals surface area contributed by atoms with Crippen molar-refractivity contribution < 1.29 is 28.9 Å². The van der Waals surface area contributed by atoms with Crippen LogP contribution in [0.1, 0.15) is 6.42 Å². The van der Waals surface area contributed by atoms with E-state index in [1.54, 1.807) is 0 Å². The number of carbonyl (C=O) groups is 2. The Morgan fingerprint density at radius 1 is 1.50 bits per heavy atom. The SMILES string of the molecule is N[C@@H](CC(=O)C[P+](=O)OCO)C(=O)O. The van der Waals surface area contributed by atoms with Gasteiger partial charge in [-0.1, -0.05) is 0 Å². The van der Waals surface area contributed by atoms with Crippen molar-refractivity contribution in [2.45, 2.75) is 12.5 Å². The molecule has 0 aromatic rings. The Labute approximate surface area is 80.7 Å². The fourth-order valence-corrected chi connectivity index (χ4v) is 1.29. The number of aliphatic carboxylic acids is 1. The molecule has 4 N–H and O–H groups in total. The average Bonchev–Trinajstić information content (AvgIpc) is 2.03. The summed E-state index contributed by atoms with van der Waals surface area (Å²) in [6.45, 7) is -0.743. The van der Waals surface area contributed by atoms with Gasteiger partial charge in [-0.3, -0.25) is 9.59 Å². The summed E-state index contributed by atoms with van der Waals surface area (Å²) in [7, 11) is -2.27. The molecule has 0 bridgehead atoms. The van der Waals surface area contributed by atoms with Crippen LogP contribution < -0.4 is 5.73 Å². The monoisotopic (exact) mass is 224 g/mol. The molecule has 0 radical (unpaired) electrons. The minimum absolute atomic E-state index is 0.398. The van der Waals surface area contributed by atoms with E-state index < -0.39 is 45.2 Å². The summed E-state index contributed by atoms with van der Waals surface area (Å²) >= 11 is 0. The molecule has 2 atom stereocenters. The number of carboxylic acid groups (broad SMARTS) is 1. The van der Waals surface area contributed by atoms with Gasteiger partial charge in [-0.2, -0.15) is 0 Å². The first-order valence-corrected chi connectivity index (χ1v) is 5.02. The molecule has 8 heteroatoms. The van der Waals surface area contributed by atoms with E-state index in [0.29, 0.717) is 0 Å². The zero-order valence-corrected chi connectivity index (χ0v) is 8.15. The number of Topliss-reactive ketones (excluding diaryl/α,β-unsaturated/α-hetero) is 1. The van der Waals surface area contributed by atoms with Gasteiger partial charge in [-0.15, -0.1) is 4.52 Å². The number of nitrogens with two attached hydrogens (primary N) is 1. The van der Waals surface area contributed by atoms with Gasteiger partial charge in [0.25, 0.3) is 0 Å². The summed E-state index contributed by atoms with van der Waals surface area (Å²) in [6.07, 6.45) is -0.831. The molecule has 14 heavy (non-hydrogen) atoms. The molecular formula is C6H11NO6P+. The van der Waals surface area contributed by atoms with E-state index in [0.717, 1.165) is 0 Å². The lowest BCUT2D eigenvalue weighted by Crippen LogP contribution is -2.33. The van der Waals surface area contributed by atoms with Gasteiger partial charge in [0.15, 0.2) is 12.6 Å². The zero-order chi connectivity index (χ0) is 11.1. The van der Waals surface area contributed by atoms with Crippen LogP contribution in [0.4, 0.5) is 0 Å². The topological polar surface area (TPSA) is 127 Å². The quantitative estimate of drug-likeness (QED) is 0.376. The molecule has 0 saturated heterocycles. The summed E-state index contributed by atoms with van der Waals surface area (Å²) in [5.74, 6) is -1.87. The van der Waals surface area contributed by atoms with Crippen molar-refractivity contribution in [3.05, 3.63) is 0 Å². The summed E-state index contributed by atoms with van der Waals surface area (Å²) in [5, 5.41) is 16.5. The van der Waals surface area contributed by atoms with E-state index >= 15 is 0 Å². The van der Waals surface area contributed by atoms with Crippen molar-refractivity contribution in [3.8, 4) is 0 Å². The Bertz CT molecular complexity index is 242. The number of carboxylic acids is 1. The number of hydrogen-bond acceptors (Lipinski definition) is 6. The molecule has 0 aromatic carbocycles. The van der Waals surface area contributed by atoms with Gasteiger partial charge in [0, 0.05) is 6.42 Å². The molecule has 0 heterocycles. The second kappa shape index (κ2) is 6.56. The lowest BCUT2D eigenvalue weighted by Gasteiger charge is -2.00. The molecule has 0 aromatic heterocycles. The van der Waals surface area contributed by atoms with Crippen LogP contribution in [0.25, 0.3) is 0 Å². The second-order valence-electron chi connectivity index (χ2n) is 2.44. The highest BCUT2D eigenvalue weighted by Crippen LogP contribution is 2.21. The van der Waals surface area contributed by atoms with Crippen molar-refractivity contribution in [3.63, 3.8) is 0 Å². The Kier molecular flexibility index (Phi) is 6.14. The van der Waals surface area contributed by atoms with Crippen molar-refractivity contribution in [2.75, 3.05) is 13.0 Å². The molecule has 0 amide bonds. The summed E-state index contributed by atoms with van der Waals surface area (Å²) in [4.78, 5) is 21.2. The van der Waals surface area contributed by atoms with E-state index in [4.69, 9.17) is 15.9 Å². The van der Waals surface area contributed by atoms with E-state index in [2.05, 4.69) is 4.52 Å². The number of ketones is 1. The highest BCUT2D eigenvalue weighted by atomic mass is 31.1. The van der Waals surface area contributed by atoms with E-state index in [9.17, 15) is 14.2 Å². The summed E-state index contributed by atoms with van der Waals surface area (Å²) < 4.78 is 15.0. The van der Waals surface area contributed by atoms with Gasteiger partial charge in [0.1, 0.15) is 6.04 Å². The predicted molar refractivity (Wildman–Crippen MR) is 45.9 cm³/mol. The van der Waals surface area contributed by atoms with Gasteiger partial charge in [0.2, 0.25) is 6.16 Å². The van der Waals surface area contributed by atoms with Crippen LogP contribution >= 0.6 is 8.03 Å². The predicted octanol–water partition coefficient (Wildman–Crippen LogP) is -0.934. The smallest absolute Gasteiger partial charge is 0.480 e. The third-order valence-electron chi connectivity index (χ3n) is 1.27. The molecule has 80 valence electrons. The van der Waals surface area contributed by atoms with Crippen molar-refractivity contribution in [1.82, 2.24) is 0 Å². The van der Waals surface area contributed by atoms with Crippen LogP contribution in [0, 0.1) is 0 Å². The van der Waals surface area contributed by atoms with Gasteiger partial charge < -0.3 is 15.9 Å². The third-order valence-corrected chi connectivity index (χ3v) is 2.29. The average molecular weight is 224 g/mol. The fraction of sp³-hybridized carbons (Fsp3) is 0.667. The first-order chi connectivity index (χ1) is 6.47. The Morgan fingerprint density at radius 2 is 2.07 bits per heavy atom. The molecule has 0 spiro atoms.